The van der Waals surface area contributed by atoms with Crippen molar-refractivity contribution < 1.29 is 14.4 Å². The number of imide groups is 1. The second kappa shape index (κ2) is 7.36. The number of nitrogens with zero attached hydrogens (tertiary/aromatic N) is 1. The molecule has 25 heavy (non-hydrogen) atoms. The molecule has 0 fully saturated rings. The van der Waals surface area contributed by atoms with Crippen LogP contribution < -0.4 is 4.90 Å². The van der Waals surface area contributed by atoms with Gasteiger partial charge in [-0.25, -0.2) is 4.90 Å². The van der Waals surface area contributed by atoms with Crippen LogP contribution in [0.3, 0.4) is 0 Å². The van der Waals surface area contributed by atoms with Crippen molar-refractivity contribution in [2.24, 2.45) is 0 Å². The molecule has 1 heterocycles. The first-order valence-electron chi connectivity index (χ1n) is 7.74. The van der Waals surface area contributed by atoms with Crippen molar-refractivity contribution in [3.8, 4) is 0 Å². The fraction of sp³-hybridized carbons (Fsp3) is 0. The lowest BCUT2D eigenvalue weighted by atomic mass is 10.1. The molecule has 0 saturated carbocycles. The Morgan fingerprint density at radius 1 is 0.680 bits per heavy atom. The van der Waals surface area contributed by atoms with Gasteiger partial charge in [-0.2, -0.15) is 0 Å². The van der Waals surface area contributed by atoms with Crippen LogP contribution in [-0.4, -0.2) is 18.1 Å². The van der Waals surface area contributed by atoms with Crippen LogP contribution in [0.15, 0.2) is 84.9 Å². The molecule has 0 radical (unpaired) electrons. The molecule has 3 aromatic carbocycles. The zero-order valence-corrected chi connectivity index (χ0v) is 13.3. The molecule has 0 bridgehead atoms. The number of hydrogen-bond acceptors (Lipinski definition) is 3. The fourth-order valence-electron chi connectivity index (χ4n) is 2.51. The number of rotatable bonds is 2. The van der Waals surface area contributed by atoms with Crippen molar-refractivity contribution in [1.82, 2.24) is 0 Å². The summed E-state index contributed by atoms with van der Waals surface area (Å²) in [7, 11) is 0. The molecule has 122 valence electrons. The zero-order valence-electron chi connectivity index (χ0n) is 13.3. The van der Waals surface area contributed by atoms with E-state index >= 15 is 0 Å². The van der Waals surface area contributed by atoms with E-state index in [0.717, 1.165) is 22.1 Å². The summed E-state index contributed by atoms with van der Waals surface area (Å²) in [4.78, 5) is 34.0. The van der Waals surface area contributed by atoms with Gasteiger partial charge < -0.3 is 0 Å². The minimum absolute atomic E-state index is 0.281. The van der Waals surface area contributed by atoms with Gasteiger partial charge in [0.05, 0.1) is 5.69 Å². The van der Waals surface area contributed by atoms with E-state index in [4.69, 9.17) is 0 Å². The maximum atomic E-state index is 11.2. The second-order valence-electron chi connectivity index (χ2n) is 5.41. The molecule has 0 aromatic heterocycles. The highest BCUT2D eigenvalue weighted by molar-refractivity contribution is 6.28. The molecule has 0 saturated heterocycles. The van der Waals surface area contributed by atoms with Gasteiger partial charge in [0.1, 0.15) is 6.29 Å². The Bertz CT molecular complexity index is 943. The van der Waals surface area contributed by atoms with Crippen LogP contribution in [0.4, 0.5) is 5.69 Å². The third kappa shape index (κ3) is 3.70. The smallest absolute Gasteiger partial charge is 0.258 e. The van der Waals surface area contributed by atoms with Gasteiger partial charge in [-0.05, 0) is 29.0 Å². The van der Waals surface area contributed by atoms with Gasteiger partial charge >= 0.3 is 0 Å². The quantitative estimate of drug-likeness (QED) is 0.531. The summed E-state index contributed by atoms with van der Waals surface area (Å²) in [6.45, 7) is 0. The van der Waals surface area contributed by atoms with Crippen LogP contribution in [0, 0.1) is 0 Å². The molecule has 4 nitrogen and oxygen atoms in total. The van der Waals surface area contributed by atoms with Crippen molar-refractivity contribution in [1.29, 1.82) is 0 Å². The summed E-state index contributed by atoms with van der Waals surface area (Å²) in [6.07, 6.45) is 3.41. The summed E-state index contributed by atoms with van der Waals surface area (Å²) in [6, 6.07) is 22.5. The van der Waals surface area contributed by atoms with Crippen LogP contribution in [0.1, 0.15) is 10.4 Å². The molecule has 0 unspecified atom stereocenters. The number of amides is 2. The first kappa shape index (κ1) is 16.3. The lowest BCUT2D eigenvalue weighted by molar-refractivity contribution is -0.119. The van der Waals surface area contributed by atoms with Crippen LogP contribution in [-0.2, 0) is 9.59 Å². The standard InChI is InChI=1S/C11H8O.C10H7NO2/c12-8-9-5-6-10-3-1-2-4-11(10)7-9;12-9-6-7-10(13)11(9)8-4-2-1-3-5-8/h1-8H;1-7H. The molecule has 1 aliphatic rings. The van der Waals surface area contributed by atoms with Crippen LogP contribution in [0.5, 0.6) is 0 Å². The van der Waals surface area contributed by atoms with E-state index < -0.39 is 0 Å². The lowest BCUT2D eigenvalue weighted by Crippen LogP contribution is -2.29. The summed E-state index contributed by atoms with van der Waals surface area (Å²) in [5.74, 6) is -0.563. The number of benzene rings is 3. The summed E-state index contributed by atoms with van der Waals surface area (Å²) >= 11 is 0. The van der Waals surface area contributed by atoms with Crippen molar-refractivity contribution in [2.45, 2.75) is 0 Å². The Hall–Kier alpha value is -3.53. The number of hydrogen-bond donors (Lipinski definition) is 0. The van der Waals surface area contributed by atoms with Gasteiger partial charge in [0.2, 0.25) is 0 Å². The minimum Gasteiger partial charge on any atom is -0.298 e. The normalized spacial score (nSPS) is 12.9. The molecule has 4 rings (SSSR count). The summed E-state index contributed by atoms with van der Waals surface area (Å²) in [5, 5.41) is 2.28. The molecule has 4 heteroatoms. The molecule has 0 N–H and O–H groups in total. The minimum atomic E-state index is -0.281. The molecule has 0 spiro atoms. The van der Waals surface area contributed by atoms with Crippen molar-refractivity contribution in [3.63, 3.8) is 0 Å². The highest BCUT2D eigenvalue weighted by Crippen LogP contribution is 2.17. The van der Waals surface area contributed by atoms with E-state index in [1.165, 1.54) is 17.5 Å². The van der Waals surface area contributed by atoms with E-state index in [2.05, 4.69) is 0 Å². The van der Waals surface area contributed by atoms with Gasteiger partial charge in [0.15, 0.2) is 0 Å². The molecule has 2 amide bonds. The number of carbonyl (C=O) groups is 3. The first-order valence-corrected chi connectivity index (χ1v) is 7.74. The average Bonchev–Trinajstić information content (AvgIpc) is 3.01. The van der Waals surface area contributed by atoms with E-state index in [9.17, 15) is 14.4 Å². The highest BCUT2D eigenvalue weighted by Gasteiger charge is 2.24. The third-order valence-electron chi connectivity index (χ3n) is 3.73. The number of para-hydroxylation sites is 1. The van der Waals surface area contributed by atoms with Crippen molar-refractivity contribution >= 4 is 34.6 Å². The van der Waals surface area contributed by atoms with Gasteiger partial charge in [0, 0.05) is 17.7 Å². The Balaban J connectivity index is 0.000000146. The van der Waals surface area contributed by atoms with Crippen molar-refractivity contribution in [3.05, 3.63) is 90.5 Å². The topological polar surface area (TPSA) is 54.5 Å². The maximum absolute atomic E-state index is 11.2. The molecule has 3 aromatic rings. The molecular weight excluding hydrogens is 314 g/mol. The van der Waals surface area contributed by atoms with Crippen LogP contribution in [0.25, 0.3) is 10.8 Å². The number of carbonyl (C=O) groups excluding carboxylic acids is 3. The van der Waals surface area contributed by atoms with Gasteiger partial charge in [0.25, 0.3) is 11.8 Å². The van der Waals surface area contributed by atoms with Gasteiger partial charge in [-0.15, -0.1) is 0 Å². The highest BCUT2D eigenvalue weighted by atomic mass is 16.2. The average molecular weight is 329 g/mol. The predicted molar refractivity (Wildman–Crippen MR) is 97.4 cm³/mol. The van der Waals surface area contributed by atoms with Gasteiger partial charge in [-0.1, -0.05) is 54.6 Å². The summed E-state index contributed by atoms with van der Waals surface area (Å²) < 4.78 is 0. The van der Waals surface area contributed by atoms with E-state index in [0.29, 0.717) is 5.69 Å². The molecule has 1 aliphatic heterocycles. The van der Waals surface area contributed by atoms with E-state index in [1.54, 1.807) is 24.3 Å². The SMILES string of the molecule is O=C1C=CC(=O)N1c1ccccc1.O=Cc1ccc2ccccc2c1. The van der Waals surface area contributed by atoms with Crippen LogP contribution >= 0.6 is 0 Å². The third-order valence-corrected chi connectivity index (χ3v) is 3.73. The predicted octanol–water partition coefficient (Wildman–Crippen LogP) is 3.77. The zero-order chi connectivity index (χ0) is 17.6. The Morgan fingerprint density at radius 2 is 1.28 bits per heavy atom. The number of fused-ring (bicyclic) bond motifs is 1. The lowest BCUT2D eigenvalue weighted by Gasteiger charge is -2.12. The van der Waals surface area contributed by atoms with Crippen molar-refractivity contribution in [2.75, 3.05) is 4.90 Å². The first-order chi connectivity index (χ1) is 12.2. The Labute approximate surface area is 145 Å². The van der Waals surface area contributed by atoms with Gasteiger partial charge in [-0.3, -0.25) is 14.4 Å². The molecule has 0 atom stereocenters. The molecule has 0 aliphatic carbocycles. The molecular formula is C21H15NO3. The number of aldehydes is 1. The van der Waals surface area contributed by atoms with E-state index in [-0.39, 0.29) is 11.8 Å². The maximum Gasteiger partial charge on any atom is 0.258 e. The monoisotopic (exact) mass is 329 g/mol. The Morgan fingerprint density at radius 3 is 1.92 bits per heavy atom. The van der Waals surface area contributed by atoms with Crippen LogP contribution in [0.2, 0.25) is 0 Å². The largest absolute Gasteiger partial charge is 0.298 e. The second-order valence-corrected chi connectivity index (χ2v) is 5.41. The summed E-state index contributed by atoms with van der Waals surface area (Å²) in [5.41, 5.74) is 1.34. The fourth-order valence-corrected chi connectivity index (χ4v) is 2.51. The van der Waals surface area contributed by atoms with E-state index in [1.807, 2.05) is 48.5 Å². The number of anilines is 1. The Kier molecular flexibility index (Phi) is 4.81.